The molecule has 0 saturated heterocycles. The molecule has 9 heteroatoms. The predicted molar refractivity (Wildman–Crippen MR) is 239 cm³/mol. The van der Waals surface area contributed by atoms with Crippen molar-refractivity contribution in [1.82, 2.24) is 29.5 Å². The van der Waals surface area contributed by atoms with Crippen molar-refractivity contribution >= 4 is 70.1 Å². The highest BCUT2D eigenvalue weighted by Gasteiger charge is 2.19. The number of aromatic nitrogens is 6. The monoisotopic (exact) mass is 756 g/mol. The Morgan fingerprint density at radius 3 is 2.07 bits per heavy atom. The molecule has 9 rings (SSSR count). The summed E-state index contributed by atoms with van der Waals surface area (Å²) in [5.74, 6) is 2.52. The molecule has 0 N–H and O–H groups in total. The Hall–Kier alpha value is -6.97. The Morgan fingerprint density at radius 2 is 1.39 bits per heavy atom. The number of thiazole rings is 1. The van der Waals surface area contributed by atoms with Crippen molar-refractivity contribution in [2.24, 2.45) is 0 Å². The standard InChI is InChI=1S/C48H37BN6OS/c1-5-14-37-30(4)55(36-22-23-42-39(28-36)51-48(49)56-42)41(6-2)38(37)25-29(3)33-19-13-20-35(26-33)47-50-40-27-34(21-24-43(40)57-47)46-53-44(31-15-9-7-10-16-31)52-45(54-46)32-17-11-8-12-18-32/h5-28H,2,49H2,1,3-4H3/b14-5-,29-25+. The first-order valence-electron chi connectivity index (χ1n) is 18.8. The van der Waals surface area contributed by atoms with Crippen LogP contribution < -0.4 is 5.79 Å². The molecule has 0 radical (unpaired) electrons. The maximum Gasteiger partial charge on any atom is 0.212 e. The smallest absolute Gasteiger partial charge is 0.212 e. The fourth-order valence-electron chi connectivity index (χ4n) is 7.31. The minimum absolute atomic E-state index is 0.607. The zero-order valence-electron chi connectivity index (χ0n) is 32.1. The summed E-state index contributed by atoms with van der Waals surface area (Å²) in [6, 6.07) is 41.1. The van der Waals surface area contributed by atoms with Gasteiger partial charge in [-0.25, -0.2) is 24.9 Å². The predicted octanol–water partition coefficient (Wildman–Crippen LogP) is 10.9. The van der Waals surface area contributed by atoms with E-state index in [1.54, 1.807) is 11.3 Å². The third kappa shape index (κ3) is 6.83. The summed E-state index contributed by atoms with van der Waals surface area (Å²) < 4.78 is 9.10. The van der Waals surface area contributed by atoms with Crippen molar-refractivity contribution in [3.63, 3.8) is 0 Å². The van der Waals surface area contributed by atoms with Gasteiger partial charge in [-0.05, 0) is 86.5 Å². The highest BCUT2D eigenvalue weighted by molar-refractivity contribution is 7.21. The molecule has 0 amide bonds. The minimum atomic E-state index is 0.607. The largest absolute Gasteiger partial charge is 0.452 e. The van der Waals surface area contributed by atoms with Crippen LogP contribution in [0.3, 0.4) is 0 Å². The zero-order chi connectivity index (χ0) is 39.0. The Kier molecular flexibility index (Phi) is 9.36. The lowest BCUT2D eigenvalue weighted by atomic mass is 9.99. The average molecular weight is 757 g/mol. The van der Waals surface area contributed by atoms with Crippen LogP contribution >= 0.6 is 11.3 Å². The van der Waals surface area contributed by atoms with Crippen LogP contribution in [0.5, 0.6) is 0 Å². The fraction of sp³-hybridized carbons (Fsp3) is 0.0625. The van der Waals surface area contributed by atoms with Gasteiger partial charge in [-0.3, -0.25) is 0 Å². The van der Waals surface area contributed by atoms with Crippen molar-refractivity contribution in [2.45, 2.75) is 20.8 Å². The maximum atomic E-state index is 5.76. The fourth-order valence-corrected chi connectivity index (χ4v) is 8.25. The van der Waals surface area contributed by atoms with Gasteiger partial charge in [0, 0.05) is 44.8 Å². The summed E-state index contributed by atoms with van der Waals surface area (Å²) >= 11 is 1.68. The summed E-state index contributed by atoms with van der Waals surface area (Å²) in [7, 11) is 1.87. The second-order valence-electron chi connectivity index (χ2n) is 13.9. The molecule has 0 atom stereocenters. The van der Waals surface area contributed by atoms with E-state index in [-0.39, 0.29) is 0 Å². The van der Waals surface area contributed by atoms with E-state index in [1.807, 2.05) is 87.6 Å². The van der Waals surface area contributed by atoms with Crippen LogP contribution in [0.4, 0.5) is 0 Å². The van der Waals surface area contributed by atoms with Crippen molar-refractivity contribution in [1.29, 1.82) is 0 Å². The van der Waals surface area contributed by atoms with Crippen LogP contribution in [-0.2, 0) is 0 Å². The molecule has 9 aromatic rings. The first kappa shape index (κ1) is 35.7. The Morgan fingerprint density at radius 1 is 0.702 bits per heavy atom. The first-order chi connectivity index (χ1) is 27.9. The van der Waals surface area contributed by atoms with E-state index in [4.69, 9.17) is 24.4 Å². The van der Waals surface area contributed by atoms with Gasteiger partial charge in [-0.2, -0.15) is 0 Å². The lowest BCUT2D eigenvalue weighted by Crippen LogP contribution is -2.00. The summed E-state index contributed by atoms with van der Waals surface area (Å²) in [6.07, 6.45) is 8.46. The number of nitrogens with zero attached hydrogens (tertiary/aromatic N) is 6. The molecule has 0 saturated carbocycles. The van der Waals surface area contributed by atoms with Gasteiger partial charge < -0.3 is 8.98 Å². The van der Waals surface area contributed by atoms with Gasteiger partial charge in [0.05, 0.1) is 15.9 Å². The molecule has 7 nitrogen and oxygen atoms in total. The van der Waals surface area contributed by atoms with Crippen LogP contribution in [-0.4, -0.2) is 37.3 Å². The highest BCUT2D eigenvalue weighted by atomic mass is 32.1. The third-order valence-corrected chi connectivity index (χ3v) is 11.2. The maximum absolute atomic E-state index is 5.76. The second kappa shape index (κ2) is 14.9. The van der Waals surface area contributed by atoms with Crippen molar-refractivity contribution in [2.75, 3.05) is 0 Å². The van der Waals surface area contributed by atoms with Gasteiger partial charge >= 0.3 is 0 Å². The van der Waals surface area contributed by atoms with Crippen LogP contribution in [0.25, 0.3) is 95.5 Å². The number of benzene rings is 5. The normalized spacial score (nSPS) is 11.9. The number of hydrogen-bond acceptors (Lipinski definition) is 7. The molecule has 4 heterocycles. The number of allylic oxidation sites excluding steroid dienone is 2. The molecular formula is C48H37BN6OS. The van der Waals surface area contributed by atoms with Crippen LogP contribution in [0.15, 0.2) is 138 Å². The Bertz CT molecular complexity index is 2970. The summed E-state index contributed by atoms with van der Waals surface area (Å²) in [6.45, 7) is 10.6. The number of hydrogen-bond donors (Lipinski definition) is 0. The van der Waals surface area contributed by atoms with E-state index in [9.17, 15) is 0 Å². The lowest BCUT2D eigenvalue weighted by Gasteiger charge is -2.10. The number of rotatable bonds is 9. The molecule has 5 aromatic carbocycles. The number of oxazole rings is 1. The second-order valence-corrected chi connectivity index (χ2v) is 14.9. The summed E-state index contributed by atoms with van der Waals surface area (Å²) in [4.78, 5) is 24.4. The molecule has 0 aliphatic rings. The Balaban J connectivity index is 1.07. The highest BCUT2D eigenvalue weighted by Crippen LogP contribution is 2.36. The topological polar surface area (TPSA) is 82.5 Å². The van der Waals surface area contributed by atoms with E-state index < -0.39 is 0 Å². The molecule has 0 unspecified atom stereocenters. The quantitative estimate of drug-likeness (QED) is 0.136. The van der Waals surface area contributed by atoms with Gasteiger partial charge in [0.2, 0.25) is 7.85 Å². The van der Waals surface area contributed by atoms with Crippen LogP contribution in [0, 0.1) is 6.92 Å². The van der Waals surface area contributed by atoms with Gasteiger partial charge in [0.1, 0.15) is 16.3 Å². The van der Waals surface area contributed by atoms with Gasteiger partial charge in [0.25, 0.3) is 0 Å². The van der Waals surface area contributed by atoms with Crippen LogP contribution in [0.2, 0.25) is 0 Å². The van der Waals surface area contributed by atoms with E-state index in [0.29, 0.717) is 23.3 Å². The Labute approximate surface area is 335 Å². The molecule has 0 aliphatic heterocycles. The summed E-state index contributed by atoms with van der Waals surface area (Å²) in [5.41, 5.74) is 14.0. The van der Waals surface area contributed by atoms with Crippen molar-refractivity contribution in [3.05, 3.63) is 162 Å². The molecule has 0 spiro atoms. The summed E-state index contributed by atoms with van der Waals surface area (Å²) in [5, 5.41) is 0.948. The van der Waals surface area contributed by atoms with Gasteiger partial charge in [-0.15, -0.1) is 11.3 Å². The van der Waals surface area contributed by atoms with E-state index in [0.717, 1.165) is 87.9 Å². The average Bonchev–Trinajstić information content (AvgIpc) is 3.93. The molecule has 4 aromatic heterocycles. The molecule has 0 aliphatic carbocycles. The lowest BCUT2D eigenvalue weighted by molar-refractivity contribution is 0.644. The van der Waals surface area contributed by atoms with Gasteiger partial charge in [0.15, 0.2) is 23.1 Å². The minimum Gasteiger partial charge on any atom is -0.452 e. The molecule has 0 fully saturated rings. The molecule has 274 valence electrons. The number of fused-ring (bicyclic) bond motifs is 2. The molecular weight excluding hydrogens is 719 g/mol. The SMILES string of the molecule is Bc1nc2cc(-n3c(C)c(/C=C\C)c(/C=C(\C)c4cccc(-c5nc6cc(-c7nc(-c8ccccc8)nc(-c8ccccc8)n7)ccc6s5)c4)c3C=C)ccc2o1. The molecule has 57 heavy (non-hydrogen) atoms. The van der Waals surface area contributed by atoms with Crippen LogP contribution in [0.1, 0.15) is 41.9 Å². The van der Waals surface area contributed by atoms with Gasteiger partial charge in [-0.1, -0.05) is 97.6 Å². The van der Waals surface area contributed by atoms with E-state index in [2.05, 4.69) is 103 Å². The third-order valence-electron chi connectivity index (χ3n) is 10.1. The molecule has 0 bridgehead atoms. The van der Waals surface area contributed by atoms with Crippen molar-refractivity contribution in [3.8, 4) is 50.4 Å². The van der Waals surface area contributed by atoms with E-state index in [1.165, 1.54) is 0 Å². The van der Waals surface area contributed by atoms with E-state index >= 15 is 0 Å². The first-order valence-corrected chi connectivity index (χ1v) is 19.6. The van der Waals surface area contributed by atoms with Crippen molar-refractivity contribution < 1.29 is 4.42 Å². The zero-order valence-corrected chi connectivity index (χ0v) is 32.9.